The van der Waals surface area contributed by atoms with E-state index in [9.17, 15) is 9.59 Å². The summed E-state index contributed by atoms with van der Waals surface area (Å²) >= 11 is 2.05. The lowest BCUT2D eigenvalue weighted by atomic mass is 10.0. The Balaban J connectivity index is 2.35. The van der Waals surface area contributed by atoms with Gasteiger partial charge in [0, 0.05) is 23.9 Å². The molecule has 0 amide bonds. The fourth-order valence-electron chi connectivity index (χ4n) is 3.91. The quantitative estimate of drug-likeness (QED) is 0.173. The van der Waals surface area contributed by atoms with E-state index in [0.29, 0.717) is 0 Å². The monoisotopic (exact) mass is 546 g/mol. The van der Waals surface area contributed by atoms with E-state index in [1.807, 2.05) is 0 Å². The molecule has 0 aliphatic carbocycles. The lowest BCUT2D eigenvalue weighted by Crippen LogP contribution is -2.71. The number of ether oxygens (including phenoxy) is 1. The summed E-state index contributed by atoms with van der Waals surface area (Å²) in [5.41, 5.74) is 0. The molecule has 11 heteroatoms. The molecular formula is C18H31IO9Si. The van der Waals surface area contributed by atoms with Crippen LogP contribution in [-0.2, 0) is 42.7 Å². The third-order valence-corrected chi connectivity index (χ3v) is 11.3. The minimum absolute atomic E-state index is 0.242. The van der Waals surface area contributed by atoms with Crippen molar-refractivity contribution >= 4 is 43.1 Å². The zero-order valence-electron chi connectivity index (χ0n) is 18.1. The maximum absolute atomic E-state index is 11.4. The predicted molar refractivity (Wildman–Crippen MR) is 112 cm³/mol. The largest absolute Gasteiger partial charge is 0.391 e. The Bertz CT molecular complexity index is 601. The maximum Gasteiger partial charge on any atom is 0.349 e. The van der Waals surface area contributed by atoms with Gasteiger partial charge in [-0.3, -0.25) is 9.78 Å². The van der Waals surface area contributed by atoms with Crippen LogP contribution in [0.15, 0.2) is 0 Å². The lowest BCUT2D eigenvalue weighted by Gasteiger charge is -2.57. The summed E-state index contributed by atoms with van der Waals surface area (Å²) in [7, 11) is -2.81. The van der Waals surface area contributed by atoms with Crippen LogP contribution in [0.1, 0.15) is 55.4 Å². The van der Waals surface area contributed by atoms with Crippen molar-refractivity contribution in [3.05, 3.63) is 0 Å². The highest BCUT2D eigenvalue weighted by Gasteiger charge is 2.65. The van der Waals surface area contributed by atoms with E-state index in [1.165, 1.54) is 13.8 Å². The van der Waals surface area contributed by atoms with E-state index >= 15 is 0 Å². The average molecular weight is 546 g/mol. The van der Waals surface area contributed by atoms with Crippen molar-refractivity contribution in [2.75, 3.05) is 6.61 Å². The molecule has 168 valence electrons. The normalized spacial score (nSPS) is 32.2. The first-order valence-corrected chi connectivity index (χ1v) is 12.5. The summed E-state index contributed by atoms with van der Waals surface area (Å²) in [6.45, 7) is 15.3. The molecule has 2 fully saturated rings. The standard InChI is InChI=1S/C18H31IO9Si/c1-10(20)24-26-15-13(19)16(27-25-11(2)21)23-12-9-22-29(17(3,4)5,18(6,7)8)28-14(12)15/h12-16H,9H2,1-8H3/t12-,13-,14+,15-,16+/m1/s1. The van der Waals surface area contributed by atoms with Crippen molar-refractivity contribution in [3.63, 3.8) is 0 Å². The van der Waals surface area contributed by atoms with Crippen molar-refractivity contribution in [2.24, 2.45) is 0 Å². The van der Waals surface area contributed by atoms with Gasteiger partial charge in [0.1, 0.15) is 18.3 Å². The Hall–Kier alpha value is -0.313. The van der Waals surface area contributed by atoms with Gasteiger partial charge in [0.2, 0.25) is 6.29 Å². The molecule has 0 spiro atoms. The van der Waals surface area contributed by atoms with E-state index in [2.05, 4.69) is 69.0 Å². The van der Waals surface area contributed by atoms with Crippen molar-refractivity contribution in [3.8, 4) is 0 Å². The van der Waals surface area contributed by atoms with Gasteiger partial charge in [-0.25, -0.2) is 9.59 Å². The Morgan fingerprint density at radius 2 is 1.48 bits per heavy atom. The van der Waals surface area contributed by atoms with Crippen LogP contribution < -0.4 is 0 Å². The molecule has 2 aliphatic heterocycles. The Labute approximate surface area is 186 Å². The van der Waals surface area contributed by atoms with Crippen molar-refractivity contribution in [1.82, 2.24) is 0 Å². The van der Waals surface area contributed by atoms with Crippen LogP contribution in [0.4, 0.5) is 0 Å². The first-order valence-electron chi connectivity index (χ1n) is 9.49. The molecule has 0 aromatic rings. The number of halogens is 1. The van der Waals surface area contributed by atoms with Gasteiger partial charge in [-0.15, -0.1) is 0 Å². The lowest BCUT2D eigenvalue weighted by molar-refractivity contribution is -0.401. The summed E-state index contributed by atoms with van der Waals surface area (Å²) in [5.74, 6) is -1.20. The summed E-state index contributed by atoms with van der Waals surface area (Å²) in [6.07, 6.45) is -2.74. The average Bonchev–Trinajstić information content (AvgIpc) is 2.56. The molecule has 0 aromatic heterocycles. The van der Waals surface area contributed by atoms with Gasteiger partial charge >= 0.3 is 20.5 Å². The first kappa shape index (κ1) is 25.0. The van der Waals surface area contributed by atoms with E-state index in [0.717, 1.165) is 0 Å². The van der Waals surface area contributed by atoms with Crippen LogP contribution in [0, 0.1) is 0 Å². The van der Waals surface area contributed by atoms with E-state index in [-0.39, 0.29) is 16.7 Å². The SMILES string of the molecule is CC(=O)OO[C@@H]1O[C@@H]2CO[Si](C(C)(C)C)(C(C)(C)C)O[C@@H]2[C@H](OOC(C)=O)[C@H]1I. The fourth-order valence-corrected chi connectivity index (χ4v) is 9.69. The summed E-state index contributed by atoms with van der Waals surface area (Å²) in [5, 5.41) is -0.484. The van der Waals surface area contributed by atoms with Crippen molar-refractivity contribution < 1.29 is 42.7 Å². The highest BCUT2D eigenvalue weighted by atomic mass is 127. The number of hydrogen-bond donors (Lipinski definition) is 0. The van der Waals surface area contributed by atoms with Crippen molar-refractivity contribution in [2.45, 2.75) is 94.0 Å². The van der Waals surface area contributed by atoms with E-state index in [4.69, 9.17) is 28.3 Å². The van der Waals surface area contributed by atoms with Gasteiger partial charge in [-0.2, -0.15) is 9.78 Å². The Morgan fingerprint density at radius 1 is 0.966 bits per heavy atom. The van der Waals surface area contributed by atoms with Crippen LogP contribution >= 0.6 is 22.6 Å². The van der Waals surface area contributed by atoms with Gasteiger partial charge in [-0.1, -0.05) is 64.1 Å². The molecular weight excluding hydrogens is 515 g/mol. The third-order valence-electron chi connectivity index (χ3n) is 4.84. The van der Waals surface area contributed by atoms with Crippen LogP contribution in [-0.4, -0.2) is 55.6 Å². The molecule has 2 saturated heterocycles. The van der Waals surface area contributed by atoms with Crippen LogP contribution in [0.25, 0.3) is 0 Å². The summed E-state index contributed by atoms with van der Waals surface area (Å²) < 4.78 is 18.6. The molecule has 0 bridgehead atoms. The summed E-state index contributed by atoms with van der Waals surface area (Å²) in [4.78, 5) is 42.6. The smallest absolute Gasteiger partial charge is 0.349 e. The first-order chi connectivity index (χ1) is 13.2. The molecule has 9 nitrogen and oxygen atoms in total. The van der Waals surface area contributed by atoms with Crippen LogP contribution in [0.5, 0.6) is 0 Å². The molecule has 0 saturated carbocycles. The number of fused-ring (bicyclic) bond motifs is 1. The Morgan fingerprint density at radius 3 is 1.97 bits per heavy atom. The zero-order chi connectivity index (χ0) is 22.2. The molecule has 2 heterocycles. The van der Waals surface area contributed by atoms with Gasteiger partial charge in [0.05, 0.1) is 10.5 Å². The fraction of sp³-hybridized carbons (Fsp3) is 0.889. The molecule has 2 aliphatic rings. The topological polar surface area (TPSA) is 98.8 Å². The van der Waals surface area contributed by atoms with Gasteiger partial charge in [-0.05, 0) is 0 Å². The second kappa shape index (κ2) is 9.05. The zero-order valence-corrected chi connectivity index (χ0v) is 21.3. The molecule has 0 unspecified atom stereocenters. The van der Waals surface area contributed by atoms with Gasteiger partial charge in [0.15, 0.2) is 0 Å². The van der Waals surface area contributed by atoms with Crippen molar-refractivity contribution in [1.29, 1.82) is 0 Å². The minimum atomic E-state index is -2.81. The number of alkyl halides is 1. The molecule has 0 radical (unpaired) electrons. The van der Waals surface area contributed by atoms with E-state index in [1.54, 1.807) is 0 Å². The van der Waals surface area contributed by atoms with Gasteiger partial charge < -0.3 is 13.6 Å². The molecule has 2 rings (SSSR count). The summed E-state index contributed by atoms with van der Waals surface area (Å²) in [6, 6.07) is 0. The number of rotatable bonds is 4. The maximum atomic E-state index is 11.4. The van der Waals surface area contributed by atoms with Crippen LogP contribution in [0.3, 0.4) is 0 Å². The second-order valence-corrected chi connectivity index (χ2v) is 15.5. The highest BCUT2D eigenvalue weighted by molar-refractivity contribution is 14.1. The second-order valence-electron chi connectivity index (χ2n) is 9.30. The third kappa shape index (κ3) is 5.30. The number of carbonyl (C=O) groups excluding carboxylic acids is 2. The van der Waals surface area contributed by atoms with Gasteiger partial charge in [0.25, 0.3) is 0 Å². The molecule has 5 atom stereocenters. The highest BCUT2D eigenvalue weighted by Crippen LogP contribution is 2.55. The van der Waals surface area contributed by atoms with Crippen LogP contribution in [0.2, 0.25) is 10.1 Å². The molecule has 0 aromatic carbocycles. The van der Waals surface area contributed by atoms with E-state index < -0.39 is 49.0 Å². The Kier molecular flexibility index (Phi) is 7.78. The predicted octanol–water partition coefficient (Wildman–Crippen LogP) is 3.33. The molecule has 0 N–H and O–H groups in total. The number of hydrogen-bond acceptors (Lipinski definition) is 9. The minimum Gasteiger partial charge on any atom is -0.391 e. The molecule has 29 heavy (non-hydrogen) atoms. The number of carbonyl (C=O) groups is 2.